The van der Waals surface area contributed by atoms with E-state index in [-0.39, 0.29) is 11.9 Å². The summed E-state index contributed by atoms with van der Waals surface area (Å²) in [4.78, 5) is 14.6. The number of carbonyl (C=O) groups is 1. The summed E-state index contributed by atoms with van der Waals surface area (Å²) in [6, 6.07) is 3.71. The van der Waals surface area contributed by atoms with Crippen LogP contribution in [-0.2, 0) is 0 Å². The van der Waals surface area contributed by atoms with Gasteiger partial charge in [0.15, 0.2) is 0 Å². The lowest BCUT2D eigenvalue weighted by Crippen LogP contribution is -2.37. The summed E-state index contributed by atoms with van der Waals surface area (Å²) in [6.07, 6.45) is 0.102. The maximum absolute atomic E-state index is 12.9. The lowest BCUT2D eigenvalue weighted by Gasteiger charge is -2.21. The molecule has 2 atom stereocenters. The van der Waals surface area contributed by atoms with Crippen LogP contribution in [0.2, 0.25) is 0 Å². The summed E-state index contributed by atoms with van der Waals surface area (Å²) in [7, 11) is 0. The molecule has 0 radical (unpaired) electrons. The van der Waals surface area contributed by atoms with Gasteiger partial charge in [-0.1, -0.05) is 13.8 Å². The summed E-state index contributed by atoms with van der Waals surface area (Å²) < 4.78 is 11.7. The molecule has 22 heavy (non-hydrogen) atoms. The third kappa shape index (κ3) is 2.77. The van der Waals surface area contributed by atoms with E-state index in [2.05, 4.69) is 13.8 Å². The number of rotatable bonds is 3. The number of aryl methyl sites for hydroxylation is 1. The van der Waals surface area contributed by atoms with E-state index >= 15 is 0 Å². The molecule has 1 N–H and O–H groups in total. The third-order valence-electron chi connectivity index (χ3n) is 4.08. The second-order valence-corrected chi connectivity index (χ2v) is 6.65. The molecule has 0 bridgehead atoms. The Labute approximate surface area is 130 Å². The van der Waals surface area contributed by atoms with Crippen LogP contribution in [-0.4, -0.2) is 47.8 Å². The Morgan fingerprint density at radius 2 is 2.23 bits per heavy atom. The first-order valence-corrected chi connectivity index (χ1v) is 7.85. The van der Waals surface area contributed by atoms with Gasteiger partial charge in [-0.25, -0.2) is 0 Å². The molecule has 5 heteroatoms. The van der Waals surface area contributed by atoms with Crippen LogP contribution in [0.5, 0.6) is 11.5 Å². The molecule has 0 saturated carbocycles. The molecule has 0 unspecified atom stereocenters. The molecule has 1 aromatic rings. The van der Waals surface area contributed by atoms with E-state index < -0.39 is 6.10 Å². The van der Waals surface area contributed by atoms with Crippen LogP contribution in [0.15, 0.2) is 12.1 Å². The minimum Gasteiger partial charge on any atom is -0.492 e. The van der Waals surface area contributed by atoms with E-state index in [0.29, 0.717) is 49.2 Å². The number of fused-ring (bicyclic) bond motifs is 2. The Kier molecular flexibility index (Phi) is 4.00. The SMILES string of the molecule is Cc1cc(OCC(C)C)c2c(c1)OC[C@H]1C[C@H](O)CN1C2=O. The molecular weight excluding hydrogens is 282 g/mol. The van der Waals surface area contributed by atoms with Crippen LogP contribution in [0.25, 0.3) is 0 Å². The first-order valence-electron chi connectivity index (χ1n) is 7.85. The summed E-state index contributed by atoms with van der Waals surface area (Å²) in [5, 5.41) is 9.83. The van der Waals surface area contributed by atoms with Crippen LogP contribution in [0.3, 0.4) is 0 Å². The highest BCUT2D eigenvalue weighted by atomic mass is 16.5. The smallest absolute Gasteiger partial charge is 0.261 e. The van der Waals surface area contributed by atoms with Gasteiger partial charge in [0.2, 0.25) is 0 Å². The zero-order valence-corrected chi connectivity index (χ0v) is 13.3. The zero-order chi connectivity index (χ0) is 15.9. The lowest BCUT2D eigenvalue weighted by atomic mass is 10.1. The topological polar surface area (TPSA) is 59.0 Å². The normalized spacial score (nSPS) is 23.9. The fraction of sp³-hybridized carbons (Fsp3) is 0.588. The Morgan fingerprint density at radius 1 is 1.45 bits per heavy atom. The number of nitrogens with zero attached hydrogens (tertiary/aromatic N) is 1. The van der Waals surface area contributed by atoms with Crippen molar-refractivity contribution in [1.82, 2.24) is 4.90 Å². The first kappa shape index (κ1) is 15.2. The van der Waals surface area contributed by atoms with Crippen molar-refractivity contribution in [3.63, 3.8) is 0 Å². The summed E-state index contributed by atoms with van der Waals surface area (Å²) in [6.45, 7) is 7.44. The molecule has 1 amide bonds. The second-order valence-electron chi connectivity index (χ2n) is 6.65. The molecule has 1 saturated heterocycles. The van der Waals surface area contributed by atoms with E-state index in [9.17, 15) is 9.90 Å². The van der Waals surface area contributed by atoms with Crippen LogP contribution < -0.4 is 9.47 Å². The van der Waals surface area contributed by atoms with Crippen molar-refractivity contribution >= 4 is 5.91 Å². The average Bonchev–Trinajstić information content (AvgIpc) is 2.77. The van der Waals surface area contributed by atoms with E-state index in [1.165, 1.54) is 0 Å². The minimum absolute atomic E-state index is 0.0619. The Bertz CT molecular complexity index is 584. The molecule has 1 aromatic carbocycles. The standard InChI is InChI=1S/C17H23NO4/c1-10(2)8-21-14-4-11(3)5-15-16(14)17(20)18-7-13(19)6-12(18)9-22-15/h4-5,10,12-13,19H,6-9H2,1-3H3/t12-,13+/m1/s1. The Hall–Kier alpha value is -1.75. The highest BCUT2D eigenvalue weighted by Gasteiger charge is 2.39. The van der Waals surface area contributed by atoms with Crippen molar-refractivity contribution < 1.29 is 19.4 Å². The van der Waals surface area contributed by atoms with Crippen molar-refractivity contribution in [3.8, 4) is 11.5 Å². The largest absolute Gasteiger partial charge is 0.492 e. The van der Waals surface area contributed by atoms with Crippen molar-refractivity contribution in [1.29, 1.82) is 0 Å². The quantitative estimate of drug-likeness (QED) is 0.928. The Balaban J connectivity index is 1.98. The molecule has 3 rings (SSSR count). The van der Waals surface area contributed by atoms with Crippen molar-refractivity contribution in [3.05, 3.63) is 23.3 Å². The van der Waals surface area contributed by atoms with Gasteiger partial charge in [0.1, 0.15) is 23.7 Å². The van der Waals surface area contributed by atoms with Gasteiger partial charge in [0.05, 0.1) is 18.8 Å². The van der Waals surface area contributed by atoms with Gasteiger partial charge in [-0.2, -0.15) is 0 Å². The van der Waals surface area contributed by atoms with E-state index in [1.54, 1.807) is 4.90 Å². The van der Waals surface area contributed by atoms with Gasteiger partial charge in [-0.15, -0.1) is 0 Å². The predicted octanol–water partition coefficient (Wildman–Crippen LogP) is 2.00. The summed E-state index contributed by atoms with van der Waals surface area (Å²) >= 11 is 0. The maximum Gasteiger partial charge on any atom is 0.261 e. The van der Waals surface area contributed by atoms with E-state index in [4.69, 9.17) is 9.47 Å². The van der Waals surface area contributed by atoms with Gasteiger partial charge < -0.3 is 19.5 Å². The molecule has 0 spiro atoms. The maximum atomic E-state index is 12.9. The molecule has 5 nitrogen and oxygen atoms in total. The van der Waals surface area contributed by atoms with Crippen LogP contribution in [0, 0.1) is 12.8 Å². The van der Waals surface area contributed by atoms with Crippen LogP contribution in [0.4, 0.5) is 0 Å². The van der Waals surface area contributed by atoms with E-state index in [0.717, 1.165) is 5.56 Å². The van der Waals surface area contributed by atoms with Gasteiger partial charge >= 0.3 is 0 Å². The highest BCUT2D eigenvalue weighted by Crippen LogP contribution is 2.36. The third-order valence-corrected chi connectivity index (χ3v) is 4.08. The van der Waals surface area contributed by atoms with E-state index in [1.807, 2.05) is 19.1 Å². The Morgan fingerprint density at radius 3 is 2.95 bits per heavy atom. The molecule has 2 heterocycles. The van der Waals surface area contributed by atoms with Crippen molar-refractivity contribution in [2.24, 2.45) is 5.92 Å². The monoisotopic (exact) mass is 305 g/mol. The fourth-order valence-electron chi connectivity index (χ4n) is 3.04. The highest BCUT2D eigenvalue weighted by molar-refractivity contribution is 6.00. The molecule has 0 aliphatic carbocycles. The number of aliphatic hydroxyl groups excluding tert-OH is 1. The molecule has 120 valence electrons. The predicted molar refractivity (Wildman–Crippen MR) is 82.5 cm³/mol. The number of carbonyl (C=O) groups excluding carboxylic acids is 1. The van der Waals surface area contributed by atoms with Crippen molar-refractivity contribution in [2.75, 3.05) is 19.8 Å². The number of ether oxygens (including phenoxy) is 2. The second kappa shape index (κ2) is 5.80. The number of hydrogen-bond acceptors (Lipinski definition) is 4. The fourth-order valence-corrected chi connectivity index (χ4v) is 3.04. The van der Waals surface area contributed by atoms with Gasteiger partial charge in [-0.3, -0.25) is 4.79 Å². The molecule has 2 aliphatic rings. The first-order chi connectivity index (χ1) is 10.5. The van der Waals surface area contributed by atoms with Crippen LogP contribution in [0.1, 0.15) is 36.2 Å². The minimum atomic E-state index is -0.468. The number of hydrogen-bond donors (Lipinski definition) is 1. The average molecular weight is 305 g/mol. The zero-order valence-electron chi connectivity index (χ0n) is 13.3. The van der Waals surface area contributed by atoms with Gasteiger partial charge in [-0.05, 0) is 37.0 Å². The molecular formula is C17H23NO4. The number of benzene rings is 1. The van der Waals surface area contributed by atoms with Gasteiger partial charge in [0, 0.05) is 6.54 Å². The van der Waals surface area contributed by atoms with Crippen molar-refractivity contribution in [2.45, 2.75) is 39.3 Å². The molecule has 2 aliphatic heterocycles. The number of aliphatic hydroxyl groups is 1. The van der Waals surface area contributed by atoms with Gasteiger partial charge in [0.25, 0.3) is 5.91 Å². The summed E-state index contributed by atoms with van der Waals surface area (Å²) in [5.41, 5.74) is 1.50. The lowest BCUT2D eigenvalue weighted by molar-refractivity contribution is 0.0706. The molecule has 1 fully saturated rings. The number of amides is 1. The van der Waals surface area contributed by atoms with Crippen LogP contribution >= 0.6 is 0 Å². The summed E-state index contributed by atoms with van der Waals surface area (Å²) in [5.74, 6) is 1.44. The molecule has 0 aromatic heterocycles.